The van der Waals surface area contributed by atoms with Gasteiger partial charge >= 0.3 is 0 Å². The van der Waals surface area contributed by atoms with Gasteiger partial charge in [0.25, 0.3) is 0 Å². The molecule has 2 aromatic heterocycles. The maximum Gasteiger partial charge on any atom is 0.148 e. The average Bonchev–Trinajstić information content (AvgIpc) is 3.67. The summed E-state index contributed by atoms with van der Waals surface area (Å²) in [4.78, 5) is 9.70. The molecule has 2 heterocycles. The quantitative estimate of drug-likeness (QED) is 0.154. The molecule has 0 spiro atoms. The van der Waals surface area contributed by atoms with Gasteiger partial charge in [0.05, 0.1) is 26.2 Å². The molecule has 0 bridgehead atoms. The zero-order valence-electron chi connectivity index (χ0n) is 47.2. The standard InChI is InChI=1S/C55H54N3O.Pt/c1-33(2)45-13-11-14-46(34(3)4)51(45)39-21-23-44(24-22-39)58-50-16-12-15-47(52(50)57-54(58)48-28-36(6)27-37(7)53(48)59)41-29-42(31-43(30-41)55(8,9)10)49-32-40(25-26-56-49)38-19-17-35(5)18-20-38;/h11-28,30-34,59H,1-10H3;/q-1;/i5D3,17D,18D,19D,20D,25D,26D,32D,33D,34D;. The van der Waals surface area contributed by atoms with Gasteiger partial charge in [-0.1, -0.05) is 144 Å². The van der Waals surface area contributed by atoms with Crippen LogP contribution in [0.4, 0.5) is 0 Å². The molecular weight excluding hydrogens is 914 g/mol. The van der Waals surface area contributed by atoms with Crippen molar-refractivity contribution in [3.63, 3.8) is 0 Å². The maximum absolute atomic E-state index is 11.7. The van der Waals surface area contributed by atoms with E-state index in [-0.39, 0.29) is 38.1 Å². The van der Waals surface area contributed by atoms with E-state index < -0.39 is 83.2 Å². The molecule has 1 N–H and O–H groups in total. The van der Waals surface area contributed by atoms with Crippen LogP contribution in [0.3, 0.4) is 0 Å². The second-order valence-electron chi connectivity index (χ2n) is 16.6. The van der Waals surface area contributed by atoms with Crippen molar-refractivity contribution in [3.8, 4) is 67.5 Å². The number of aryl methyl sites for hydroxylation is 2. The van der Waals surface area contributed by atoms with Crippen molar-refractivity contribution in [1.29, 1.82) is 0 Å². The van der Waals surface area contributed by atoms with Crippen LogP contribution >= 0.6 is 0 Å². The summed E-state index contributed by atoms with van der Waals surface area (Å²) in [6.07, 6.45) is -0.602. The Bertz CT molecular complexity index is 3410. The van der Waals surface area contributed by atoms with Crippen molar-refractivity contribution in [2.24, 2.45) is 0 Å². The monoisotopic (exact) mass is 979 g/mol. The van der Waals surface area contributed by atoms with Crippen LogP contribution in [-0.4, -0.2) is 19.6 Å². The zero-order valence-corrected chi connectivity index (χ0v) is 37.5. The number of fused-ring (bicyclic) bond motifs is 1. The SMILES string of the molecule is [2H]c1nc(-c2[c-]c(-c3cccc4c3nc(-c3cc(C)cc(C)c3O)n4-c3ccc(-c4c(C([2H])(C)C)cccc4C([2H])(C)C)cc3)cc(C(C)(C)C)c2)c([2H])c(-c2c([2H])c([2H])c(C([2H])([2H])[2H])c([2H])c2[2H])c1[2H].[Pt]. The Hall–Kier alpha value is -5.57. The normalized spacial score (nSPS) is 15.2. The molecule has 4 nitrogen and oxygen atoms in total. The third-order valence-electron chi connectivity index (χ3n) is 10.7. The number of nitrogens with zero attached hydrogens (tertiary/aromatic N) is 3. The van der Waals surface area contributed by atoms with E-state index in [0.29, 0.717) is 39.1 Å². The van der Waals surface area contributed by atoms with E-state index in [1.54, 1.807) is 6.07 Å². The van der Waals surface area contributed by atoms with Gasteiger partial charge in [-0.15, -0.1) is 29.3 Å². The van der Waals surface area contributed by atoms with Crippen molar-refractivity contribution >= 4 is 11.0 Å². The molecule has 8 aromatic rings. The summed E-state index contributed by atoms with van der Waals surface area (Å²) < 4.78 is 106. The fraction of sp³-hybridized carbons (Fsp3) is 0.236. The first-order chi connectivity index (χ1) is 32.9. The molecule has 0 saturated heterocycles. The van der Waals surface area contributed by atoms with E-state index in [1.165, 1.54) is 0 Å². The summed E-state index contributed by atoms with van der Waals surface area (Å²) in [6.45, 7) is 14.2. The van der Waals surface area contributed by atoms with Gasteiger partial charge in [-0.25, -0.2) is 4.98 Å². The van der Waals surface area contributed by atoms with E-state index in [2.05, 4.69) is 11.1 Å². The first-order valence-electron chi connectivity index (χ1n) is 25.7. The van der Waals surface area contributed by atoms with E-state index in [9.17, 15) is 6.48 Å². The number of para-hydroxylation sites is 1. The Morgan fingerprint density at radius 2 is 1.42 bits per heavy atom. The number of pyridine rings is 1. The molecule has 0 unspecified atom stereocenters. The Kier molecular flexibility index (Phi) is 8.31. The zero-order chi connectivity index (χ0) is 52.2. The van der Waals surface area contributed by atoms with Crippen molar-refractivity contribution in [2.45, 2.75) is 86.4 Å². The number of aromatic hydroxyl groups is 1. The molecule has 0 radical (unpaired) electrons. The first kappa shape index (κ1) is 29.6. The smallest absolute Gasteiger partial charge is 0.148 e. The molecule has 0 atom stereocenters. The third kappa shape index (κ3) is 8.15. The molecular formula is C55H54N3OPt-. The molecule has 0 amide bonds. The van der Waals surface area contributed by atoms with E-state index in [4.69, 9.17) is 20.1 Å². The van der Waals surface area contributed by atoms with Gasteiger partial charge in [0.15, 0.2) is 0 Å². The molecule has 0 aliphatic rings. The van der Waals surface area contributed by atoms with Crippen LogP contribution in [0.2, 0.25) is 0 Å². The number of rotatable bonds is 8. The molecule has 306 valence electrons. The molecule has 0 aliphatic carbocycles. The second-order valence-corrected chi connectivity index (χ2v) is 16.6. The largest absolute Gasteiger partial charge is 0.507 e. The Balaban J connectivity index is 0.00000760. The number of hydrogen-bond donors (Lipinski definition) is 1. The molecule has 5 heteroatoms. The number of phenols is 1. The third-order valence-corrected chi connectivity index (χ3v) is 10.7. The fourth-order valence-corrected chi connectivity index (χ4v) is 7.65. The van der Waals surface area contributed by atoms with Gasteiger partial charge in [0, 0.05) is 45.5 Å². The molecule has 8 rings (SSSR count). The molecule has 0 fully saturated rings. The average molecular weight is 980 g/mol. The van der Waals surface area contributed by atoms with Gasteiger partial charge < -0.3 is 5.11 Å². The Morgan fingerprint density at radius 1 is 0.750 bits per heavy atom. The fourth-order valence-electron chi connectivity index (χ4n) is 7.65. The van der Waals surface area contributed by atoms with E-state index in [1.807, 2.05) is 146 Å². The number of hydrogen-bond acceptors (Lipinski definition) is 3. The van der Waals surface area contributed by atoms with Crippen LogP contribution in [0.1, 0.15) is 110 Å². The predicted molar refractivity (Wildman–Crippen MR) is 248 cm³/mol. The van der Waals surface area contributed by atoms with E-state index in [0.717, 1.165) is 39.1 Å². The molecule has 60 heavy (non-hydrogen) atoms. The van der Waals surface area contributed by atoms with Crippen molar-refractivity contribution in [1.82, 2.24) is 14.5 Å². The summed E-state index contributed by atoms with van der Waals surface area (Å²) in [5.41, 5.74) is 7.16. The van der Waals surface area contributed by atoms with Crippen molar-refractivity contribution in [2.75, 3.05) is 0 Å². The maximum atomic E-state index is 11.7. The topological polar surface area (TPSA) is 50.9 Å². The number of aromatic nitrogens is 3. The predicted octanol–water partition coefficient (Wildman–Crippen LogP) is 14.7. The summed E-state index contributed by atoms with van der Waals surface area (Å²) in [5, 5.41) is 11.7. The minimum atomic E-state index is -2.98. The Labute approximate surface area is 387 Å². The van der Waals surface area contributed by atoms with Crippen LogP contribution in [0.15, 0.2) is 127 Å². The van der Waals surface area contributed by atoms with Crippen LogP contribution < -0.4 is 0 Å². The summed E-state index contributed by atoms with van der Waals surface area (Å²) in [5.74, 6) is -1.40. The molecule has 0 saturated carbocycles. The van der Waals surface area contributed by atoms with Crippen LogP contribution in [0.5, 0.6) is 5.75 Å². The van der Waals surface area contributed by atoms with Crippen LogP contribution in [0, 0.1) is 26.8 Å². The number of phenolic OH excluding ortho intramolecular Hbond substituents is 1. The van der Waals surface area contributed by atoms with E-state index >= 15 is 0 Å². The van der Waals surface area contributed by atoms with Gasteiger partial charge in [0.1, 0.15) is 11.6 Å². The van der Waals surface area contributed by atoms with Gasteiger partial charge in [0.2, 0.25) is 0 Å². The summed E-state index contributed by atoms with van der Waals surface area (Å²) in [7, 11) is 0. The van der Waals surface area contributed by atoms with Crippen LogP contribution in [-0.2, 0) is 26.5 Å². The second kappa shape index (κ2) is 16.8. The number of benzene rings is 6. The first-order valence-corrected chi connectivity index (χ1v) is 19.7. The van der Waals surface area contributed by atoms with Gasteiger partial charge in [-0.3, -0.25) is 9.55 Å². The van der Waals surface area contributed by atoms with Gasteiger partial charge in [-0.2, -0.15) is 0 Å². The molecule has 6 aromatic carbocycles. The van der Waals surface area contributed by atoms with Crippen molar-refractivity contribution < 1.29 is 42.6 Å². The minimum absolute atomic E-state index is 0. The number of imidazole rings is 1. The summed E-state index contributed by atoms with van der Waals surface area (Å²) >= 11 is 0. The molecule has 0 aliphatic heterocycles. The van der Waals surface area contributed by atoms with Crippen LogP contribution in [0.25, 0.3) is 72.7 Å². The Morgan fingerprint density at radius 3 is 2.07 bits per heavy atom. The van der Waals surface area contributed by atoms with Gasteiger partial charge in [-0.05, 0) is 113 Å². The van der Waals surface area contributed by atoms with Crippen molar-refractivity contribution in [3.05, 3.63) is 167 Å². The summed E-state index contributed by atoms with van der Waals surface area (Å²) in [6, 6.07) is 26.1. The minimum Gasteiger partial charge on any atom is -0.507 e.